The zero-order valence-corrected chi connectivity index (χ0v) is 24.3. The van der Waals surface area contributed by atoms with E-state index >= 15 is 0 Å². The highest BCUT2D eigenvalue weighted by molar-refractivity contribution is 5.53. The predicted molar refractivity (Wildman–Crippen MR) is 152 cm³/mol. The summed E-state index contributed by atoms with van der Waals surface area (Å²) in [7, 11) is 0. The topological polar surface area (TPSA) is 53.5 Å². The average Bonchev–Trinajstić information content (AvgIpc) is 3.42. The van der Waals surface area contributed by atoms with Gasteiger partial charge in [0, 0.05) is 55.1 Å². The first-order valence-electron chi connectivity index (χ1n) is 14.8. The van der Waals surface area contributed by atoms with Gasteiger partial charge in [-0.15, -0.1) is 0 Å². The molecule has 248 valence electrons. The Morgan fingerprint density at radius 1 is 0.717 bits per heavy atom. The summed E-state index contributed by atoms with van der Waals surface area (Å²) < 4.78 is 124. The number of aromatic nitrogens is 2. The van der Waals surface area contributed by atoms with Gasteiger partial charge in [-0.05, 0) is 74.6 Å². The third-order valence-corrected chi connectivity index (χ3v) is 8.96. The van der Waals surface area contributed by atoms with Gasteiger partial charge in [0.15, 0.2) is 0 Å². The van der Waals surface area contributed by atoms with Crippen LogP contribution in [0.5, 0.6) is 5.88 Å². The molecule has 0 bridgehead atoms. The molecule has 1 aliphatic carbocycles. The first-order valence-corrected chi connectivity index (χ1v) is 14.8. The van der Waals surface area contributed by atoms with Gasteiger partial charge in [-0.3, -0.25) is 0 Å². The van der Waals surface area contributed by atoms with E-state index < -0.39 is 35.2 Å². The highest BCUT2D eigenvalue weighted by atomic mass is 19.4. The number of hydrogen-bond donors (Lipinski definition) is 1. The lowest BCUT2D eigenvalue weighted by Crippen LogP contribution is -2.58. The minimum atomic E-state index is -5.14. The first kappa shape index (κ1) is 32.0. The average molecular weight is 660 g/mol. The minimum absolute atomic E-state index is 0.00792. The standard InChI is InChI=1S/C31H30F9N5O/c32-29(33,34)19-1-6-22(7-2-19)44-12-11-28(15-44)16-45(17-28)26-14-27(42-18-41-26)46-23-8-3-20(4-9-23)43-21-5-10-24(30(35,36)37)25(13-21)31(38,39)40/h1-2,5-7,10,13-14,18,20,23,43H,3-4,8-9,11-12,15-17H2. The summed E-state index contributed by atoms with van der Waals surface area (Å²) in [4.78, 5) is 12.8. The second-order valence-electron chi connectivity index (χ2n) is 12.3. The molecule has 0 amide bonds. The van der Waals surface area contributed by atoms with Gasteiger partial charge in [-0.2, -0.15) is 39.5 Å². The number of halogens is 9. The molecule has 1 aromatic heterocycles. The van der Waals surface area contributed by atoms with E-state index in [9.17, 15) is 39.5 Å². The molecule has 1 spiro atoms. The maximum absolute atomic E-state index is 13.3. The Kier molecular flexibility index (Phi) is 8.16. The molecule has 3 fully saturated rings. The van der Waals surface area contributed by atoms with Crippen LogP contribution in [-0.4, -0.2) is 48.3 Å². The fraction of sp³-hybridized carbons (Fsp3) is 0.484. The van der Waals surface area contributed by atoms with Gasteiger partial charge in [-0.25, -0.2) is 9.97 Å². The number of anilines is 3. The Hall–Kier alpha value is -3.91. The molecule has 2 aromatic carbocycles. The third kappa shape index (κ3) is 6.92. The van der Waals surface area contributed by atoms with Crippen LogP contribution >= 0.6 is 0 Å². The van der Waals surface area contributed by atoms with Crippen molar-refractivity contribution in [1.29, 1.82) is 0 Å². The molecular formula is C31H30F9N5O. The van der Waals surface area contributed by atoms with Gasteiger partial charge in [-0.1, -0.05) is 0 Å². The summed E-state index contributed by atoms with van der Waals surface area (Å²) in [5.41, 5.74) is -3.37. The van der Waals surface area contributed by atoms with Crippen LogP contribution < -0.4 is 19.9 Å². The molecule has 3 aliphatic rings. The van der Waals surface area contributed by atoms with Crippen molar-refractivity contribution >= 4 is 17.2 Å². The summed E-state index contributed by atoms with van der Waals surface area (Å²) in [6.45, 7) is 2.94. The Balaban J connectivity index is 0.994. The quantitative estimate of drug-likeness (QED) is 0.271. The van der Waals surface area contributed by atoms with Crippen molar-refractivity contribution in [2.45, 2.75) is 62.8 Å². The summed E-state index contributed by atoms with van der Waals surface area (Å²) in [6.07, 6.45) is -10.3. The molecule has 0 atom stereocenters. The molecule has 0 unspecified atom stereocenters. The second-order valence-corrected chi connectivity index (χ2v) is 12.3. The highest BCUT2D eigenvalue weighted by Crippen LogP contribution is 2.44. The molecule has 6 rings (SSSR count). The van der Waals surface area contributed by atoms with Crippen LogP contribution in [0.1, 0.15) is 48.8 Å². The van der Waals surface area contributed by atoms with Crippen molar-refractivity contribution in [2.24, 2.45) is 5.41 Å². The Morgan fingerprint density at radius 2 is 1.37 bits per heavy atom. The number of benzene rings is 2. The van der Waals surface area contributed by atoms with E-state index in [1.165, 1.54) is 18.5 Å². The Labute approximate surface area is 258 Å². The zero-order chi connectivity index (χ0) is 32.9. The number of nitrogens with one attached hydrogen (secondary N) is 1. The third-order valence-electron chi connectivity index (χ3n) is 8.96. The van der Waals surface area contributed by atoms with Gasteiger partial charge >= 0.3 is 18.5 Å². The first-order chi connectivity index (χ1) is 21.6. The van der Waals surface area contributed by atoms with Crippen molar-refractivity contribution in [3.63, 3.8) is 0 Å². The van der Waals surface area contributed by atoms with Crippen LogP contribution in [-0.2, 0) is 18.5 Å². The van der Waals surface area contributed by atoms with Crippen LogP contribution in [0.15, 0.2) is 54.9 Å². The highest BCUT2D eigenvalue weighted by Gasteiger charge is 2.48. The lowest BCUT2D eigenvalue weighted by atomic mass is 9.79. The van der Waals surface area contributed by atoms with Crippen molar-refractivity contribution in [3.05, 3.63) is 71.5 Å². The van der Waals surface area contributed by atoms with Crippen LogP contribution in [0.3, 0.4) is 0 Å². The van der Waals surface area contributed by atoms with E-state index in [1.54, 1.807) is 6.07 Å². The lowest BCUT2D eigenvalue weighted by Gasteiger charge is -2.48. The van der Waals surface area contributed by atoms with Gasteiger partial charge in [0.05, 0.1) is 16.7 Å². The molecule has 6 nitrogen and oxygen atoms in total. The molecule has 2 aliphatic heterocycles. The Morgan fingerprint density at radius 3 is 2.00 bits per heavy atom. The zero-order valence-electron chi connectivity index (χ0n) is 24.3. The maximum Gasteiger partial charge on any atom is 0.417 e. The van der Waals surface area contributed by atoms with Crippen molar-refractivity contribution in [2.75, 3.05) is 41.3 Å². The largest absolute Gasteiger partial charge is 0.474 e. The monoisotopic (exact) mass is 659 g/mol. The number of nitrogens with zero attached hydrogens (tertiary/aromatic N) is 4. The fourth-order valence-electron chi connectivity index (χ4n) is 6.61. The van der Waals surface area contributed by atoms with E-state index in [4.69, 9.17) is 4.74 Å². The van der Waals surface area contributed by atoms with Crippen LogP contribution in [0, 0.1) is 5.41 Å². The molecule has 3 aromatic rings. The minimum Gasteiger partial charge on any atom is -0.474 e. The Bertz CT molecular complexity index is 1530. The van der Waals surface area contributed by atoms with Gasteiger partial charge < -0.3 is 19.9 Å². The lowest BCUT2D eigenvalue weighted by molar-refractivity contribution is -0.162. The maximum atomic E-state index is 13.3. The van der Waals surface area contributed by atoms with Gasteiger partial charge in [0.25, 0.3) is 0 Å². The fourth-order valence-corrected chi connectivity index (χ4v) is 6.61. The van der Waals surface area contributed by atoms with Crippen molar-refractivity contribution in [3.8, 4) is 5.88 Å². The van der Waals surface area contributed by atoms with Crippen molar-refractivity contribution in [1.82, 2.24) is 9.97 Å². The summed E-state index contributed by atoms with van der Waals surface area (Å²) in [5.74, 6) is 1.08. The van der Waals surface area contributed by atoms with Gasteiger partial charge in [0.2, 0.25) is 5.88 Å². The van der Waals surface area contributed by atoms with E-state index in [2.05, 4.69) is 25.1 Å². The van der Waals surface area contributed by atoms with Crippen LogP contribution in [0.4, 0.5) is 56.7 Å². The number of hydrogen-bond acceptors (Lipinski definition) is 6. The SMILES string of the molecule is FC(F)(F)c1ccc(N2CCC3(C2)CN(c2cc(OC4CCC(Nc5ccc(C(F)(F)F)c(C(F)(F)F)c5)CC4)ncn2)C3)cc1. The van der Waals surface area contributed by atoms with Gasteiger partial charge in [0.1, 0.15) is 18.2 Å². The van der Waals surface area contributed by atoms with E-state index in [-0.39, 0.29) is 23.2 Å². The molecule has 15 heteroatoms. The molecule has 1 N–H and O–H groups in total. The summed E-state index contributed by atoms with van der Waals surface area (Å²) >= 11 is 0. The number of rotatable bonds is 6. The molecular weight excluding hydrogens is 629 g/mol. The van der Waals surface area contributed by atoms with Crippen molar-refractivity contribution < 1.29 is 44.3 Å². The molecule has 0 radical (unpaired) electrons. The number of alkyl halides is 9. The van der Waals surface area contributed by atoms with E-state index in [0.29, 0.717) is 49.5 Å². The summed E-state index contributed by atoms with van der Waals surface area (Å²) in [5, 5.41) is 2.94. The molecule has 46 heavy (non-hydrogen) atoms. The normalized spacial score (nSPS) is 21.8. The molecule has 2 saturated heterocycles. The van der Waals surface area contributed by atoms with Crippen LogP contribution in [0.25, 0.3) is 0 Å². The van der Waals surface area contributed by atoms with E-state index in [0.717, 1.165) is 56.5 Å². The second kappa shape index (κ2) is 11.7. The number of ether oxygens (including phenoxy) is 1. The predicted octanol–water partition coefficient (Wildman–Crippen LogP) is 8.05. The van der Waals surface area contributed by atoms with E-state index in [1.807, 2.05) is 0 Å². The summed E-state index contributed by atoms with van der Waals surface area (Å²) in [6, 6.07) is 8.71. The molecule has 3 heterocycles. The van der Waals surface area contributed by atoms with Crippen LogP contribution in [0.2, 0.25) is 0 Å². The smallest absolute Gasteiger partial charge is 0.417 e. The molecule has 1 saturated carbocycles.